The van der Waals surface area contributed by atoms with Crippen molar-refractivity contribution in [3.63, 3.8) is 0 Å². The van der Waals surface area contributed by atoms with Gasteiger partial charge in [0.25, 0.3) is 0 Å². The van der Waals surface area contributed by atoms with Crippen molar-refractivity contribution < 1.29 is 14.2 Å². The van der Waals surface area contributed by atoms with Crippen molar-refractivity contribution >= 4 is 23.1 Å². The van der Waals surface area contributed by atoms with Crippen LogP contribution in [-0.2, 0) is 9.47 Å². The van der Waals surface area contributed by atoms with Crippen LogP contribution in [0.1, 0.15) is 63.9 Å². The Labute approximate surface area is 200 Å². The number of hydrogen-bond acceptors (Lipinski definition) is 8. The van der Waals surface area contributed by atoms with Crippen LogP contribution in [-0.4, -0.2) is 53.4 Å². The van der Waals surface area contributed by atoms with Crippen molar-refractivity contribution in [1.82, 2.24) is 15.2 Å². The van der Waals surface area contributed by atoms with Crippen LogP contribution < -0.4 is 15.4 Å². The van der Waals surface area contributed by atoms with Crippen molar-refractivity contribution in [2.24, 2.45) is 0 Å². The van der Waals surface area contributed by atoms with Gasteiger partial charge in [-0.25, -0.2) is 4.98 Å². The highest BCUT2D eigenvalue weighted by Crippen LogP contribution is 2.43. The van der Waals surface area contributed by atoms with E-state index in [4.69, 9.17) is 31.5 Å². The molecular weight excluding hydrogens is 442 g/mol. The lowest BCUT2D eigenvalue weighted by Crippen LogP contribution is -2.38. The molecule has 0 radical (unpaired) electrons. The molecule has 4 rings (SSSR count). The summed E-state index contributed by atoms with van der Waals surface area (Å²) in [4.78, 5) is 6.98. The Hall–Kier alpha value is -2.16. The van der Waals surface area contributed by atoms with Gasteiger partial charge < -0.3 is 24.8 Å². The topological polar surface area (TPSA) is 95.6 Å². The lowest BCUT2D eigenvalue weighted by Gasteiger charge is -2.37. The number of halogens is 1. The first-order chi connectivity index (χ1) is 16.1. The van der Waals surface area contributed by atoms with Gasteiger partial charge in [-0.2, -0.15) is 0 Å². The number of ether oxygens (including phenoxy) is 3. The zero-order valence-corrected chi connectivity index (χ0v) is 20.2. The quantitative estimate of drug-likeness (QED) is 0.526. The normalized spacial score (nSPS) is 22.9. The molecule has 33 heavy (non-hydrogen) atoms. The molecule has 180 valence electrons. The molecule has 0 amide bonds. The molecular formula is C24H34ClN5O3. The number of nitrogens with zero attached hydrogens (tertiary/aromatic N) is 4. The molecule has 2 fully saturated rings. The number of rotatable bonds is 9. The highest BCUT2D eigenvalue weighted by atomic mass is 35.5. The molecule has 0 aromatic carbocycles. The second-order valence-corrected chi connectivity index (χ2v) is 9.05. The summed E-state index contributed by atoms with van der Waals surface area (Å²) in [5.74, 6) is 1.40. The Balaban J connectivity index is 1.50. The van der Waals surface area contributed by atoms with Crippen LogP contribution in [0.4, 0.5) is 11.5 Å². The second-order valence-electron chi connectivity index (χ2n) is 8.67. The van der Waals surface area contributed by atoms with Crippen LogP contribution >= 0.6 is 11.6 Å². The zero-order chi connectivity index (χ0) is 23.2. The first-order valence-electron chi connectivity index (χ1n) is 12.0. The van der Waals surface area contributed by atoms with E-state index in [1.54, 1.807) is 0 Å². The summed E-state index contributed by atoms with van der Waals surface area (Å²) >= 11 is 6.14. The van der Waals surface area contributed by atoms with Gasteiger partial charge in [0, 0.05) is 48.8 Å². The number of fused-ring (bicyclic) bond motifs is 2. The minimum Gasteiger partial charge on any atom is -0.472 e. The van der Waals surface area contributed by atoms with E-state index in [1.165, 1.54) is 6.42 Å². The third kappa shape index (κ3) is 5.86. The highest BCUT2D eigenvalue weighted by Gasteiger charge is 2.37. The molecule has 3 atom stereocenters. The third-order valence-electron chi connectivity index (χ3n) is 6.62. The fourth-order valence-corrected chi connectivity index (χ4v) is 5.41. The van der Waals surface area contributed by atoms with Gasteiger partial charge in [-0.15, -0.1) is 10.2 Å². The van der Waals surface area contributed by atoms with Gasteiger partial charge in [0.1, 0.15) is 12.4 Å². The minimum atomic E-state index is -0.393. The molecule has 0 spiro atoms. The van der Waals surface area contributed by atoms with Crippen molar-refractivity contribution in [3.05, 3.63) is 35.1 Å². The Morgan fingerprint density at radius 3 is 2.67 bits per heavy atom. The van der Waals surface area contributed by atoms with E-state index in [-0.39, 0.29) is 0 Å². The van der Waals surface area contributed by atoms with Gasteiger partial charge in [-0.05, 0) is 64.0 Å². The molecule has 9 heteroatoms. The fraction of sp³-hybridized carbons (Fsp3) is 0.625. The van der Waals surface area contributed by atoms with Gasteiger partial charge in [-0.3, -0.25) is 0 Å². The number of nitrogen functional groups attached to an aromatic ring is 1. The van der Waals surface area contributed by atoms with Crippen LogP contribution in [0, 0.1) is 0 Å². The van der Waals surface area contributed by atoms with Gasteiger partial charge in [0.15, 0.2) is 11.4 Å². The smallest absolute Gasteiger partial charge is 0.215 e. The van der Waals surface area contributed by atoms with Gasteiger partial charge in [0.05, 0.1) is 0 Å². The molecule has 3 unspecified atom stereocenters. The lowest BCUT2D eigenvalue weighted by molar-refractivity contribution is -0.152. The molecule has 4 heterocycles. The Morgan fingerprint density at radius 1 is 1.09 bits per heavy atom. The number of aromatic nitrogens is 3. The van der Waals surface area contributed by atoms with Gasteiger partial charge in [0.2, 0.25) is 5.88 Å². The second kappa shape index (κ2) is 11.3. The molecule has 2 N–H and O–H groups in total. The average Bonchev–Trinajstić information content (AvgIpc) is 3.24. The summed E-state index contributed by atoms with van der Waals surface area (Å²) in [5.41, 5.74) is 8.36. The molecule has 2 aliphatic heterocycles. The molecule has 8 nitrogen and oxygen atoms in total. The van der Waals surface area contributed by atoms with Crippen LogP contribution in [0.15, 0.2) is 24.4 Å². The van der Waals surface area contributed by atoms with E-state index >= 15 is 0 Å². The molecule has 0 saturated carbocycles. The van der Waals surface area contributed by atoms with Gasteiger partial charge >= 0.3 is 0 Å². The van der Waals surface area contributed by atoms with Crippen LogP contribution in [0.5, 0.6) is 5.88 Å². The van der Waals surface area contributed by atoms with E-state index in [1.807, 2.05) is 32.2 Å². The Kier molecular flexibility index (Phi) is 8.22. The molecule has 0 aliphatic carbocycles. The van der Waals surface area contributed by atoms with Crippen LogP contribution in [0.3, 0.4) is 0 Å². The summed E-state index contributed by atoms with van der Waals surface area (Å²) in [6.45, 7) is 5.34. The minimum absolute atomic E-state index is 0.308. The maximum absolute atomic E-state index is 6.18. The lowest BCUT2D eigenvalue weighted by atomic mass is 9.86. The van der Waals surface area contributed by atoms with Crippen molar-refractivity contribution in [1.29, 1.82) is 0 Å². The Bertz CT molecular complexity index is 911. The summed E-state index contributed by atoms with van der Waals surface area (Å²) in [5, 5.41) is 8.34. The predicted octanol–water partition coefficient (Wildman–Crippen LogP) is 4.58. The van der Waals surface area contributed by atoms with Crippen molar-refractivity contribution in [2.75, 3.05) is 30.5 Å². The van der Waals surface area contributed by atoms with E-state index < -0.39 is 6.29 Å². The third-order valence-corrected chi connectivity index (χ3v) is 6.80. The zero-order valence-electron chi connectivity index (χ0n) is 19.5. The molecule has 2 bridgehead atoms. The molecule has 2 saturated heterocycles. The maximum Gasteiger partial charge on any atom is 0.215 e. The molecule has 2 aliphatic rings. The Morgan fingerprint density at radius 2 is 1.88 bits per heavy atom. The summed E-state index contributed by atoms with van der Waals surface area (Å²) in [6.07, 6.45) is 8.16. The fourth-order valence-electron chi connectivity index (χ4n) is 5.25. The summed E-state index contributed by atoms with van der Waals surface area (Å²) < 4.78 is 17.1. The number of hydrogen-bond donors (Lipinski definition) is 1. The standard InChI is InChI=1S/C24H34ClN5O3/c1-3-31-23(32-4-2)15-33-22-13-19(10-11-27-22)30-17-7-5-6-16(12-18(30)9-8-17)20-14-21(25)28-29-24(20)26/h10-11,13-14,16-18,23H,3-9,12,15H2,1-2H3,(H2,26,29). The largest absolute Gasteiger partial charge is 0.472 e. The number of nitrogens with two attached hydrogens (primary N) is 1. The first-order valence-corrected chi connectivity index (χ1v) is 12.4. The summed E-state index contributed by atoms with van der Waals surface area (Å²) in [7, 11) is 0. The first kappa shape index (κ1) is 24.0. The van der Waals surface area contributed by atoms with E-state index in [9.17, 15) is 0 Å². The average molecular weight is 476 g/mol. The predicted molar refractivity (Wildman–Crippen MR) is 129 cm³/mol. The SMILES string of the molecule is CCOC(COc1cc(N2C3CCCC(c4cc(Cl)nnc4N)CC2CC3)ccn1)OCC. The number of anilines is 2. The van der Waals surface area contributed by atoms with Crippen LogP contribution in [0.2, 0.25) is 5.15 Å². The number of pyridine rings is 1. The van der Waals surface area contributed by atoms with E-state index in [0.29, 0.717) is 54.7 Å². The van der Waals surface area contributed by atoms with E-state index in [2.05, 4.69) is 26.1 Å². The van der Waals surface area contributed by atoms with E-state index in [0.717, 1.165) is 43.4 Å². The van der Waals surface area contributed by atoms with Crippen molar-refractivity contribution in [3.8, 4) is 5.88 Å². The summed E-state index contributed by atoms with van der Waals surface area (Å²) in [6, 6.07) is 6.95. The molecule has 2 aromatic rings. The van der Waals surface area contributed by atoms with Crippen molar-refractivity contribution in [2.45, 2.75) is 76.7 Å². The maximum atomic E-state index is 6.18. The van der Waals surface area contributed by atoms with Gasteiger partial charge in [-0.1, -0.05) is 18.0 Å². The van der Waals surface area contributed by atoms with Crippen LogP contribution in [0.25, 0.3) is 0 Å². The monoisotopic (exact) mass is 475 g/mol. The molecule has 2 aromatic heterocycles. The highest BCUT2D eigenvalue weighted by molar-refractivity contribution is 6.29.